The number of hydrogen-bond donors (Lipinski definition) is 3. The largest absolute Gasteiger partial charge is 0.335 e. The first-order valence-corrected chi connectivity index (χ1v) is 6.67. The standard InChI is InChI=1S/C14H19N3O2/c18-13(15-11-7-3-1-4-8-11)17-14(19)16-12-9-5-2-6-10-12/h1,3-4,7-8,12H,2,5-6,9-10H2,(H3,15,16,17,18,19). The Morgan fingerprint density at radius 1 is 0.947 bits per heavy atom. The molecule has 0 aliphatic heterocycles. The monoisotopic (exact) mass is 261 g/mol. The molecule has 1 saturated carbocycles. The van der Waals surface area contributed by atoms with Gasteiger partial charge in [-0.25, -0.2) is 9.59 Å². The van der Waals surface area contributed by atoms with Gasteiger partial charge >= 0.3 is 12.1 Å². The molecule has 1 aliphatic rings. The predicted molar refractivity (Wildman–Crippen MR) is 74.0 cm³/mol. The molecular weight excluding hydrogens is 242 g/mol. The van der Waals surface area contributed by atoms with E-state index in [4.69, 9.17) is 0 Å². The Labute approximate surface area is 112 Å². The zero-order valence-corrected chi connectivity index (χ0v) is 10.8. The summed E-state index contributed by atoms with van der Waals surface area (Å²) < 4.78 is 0. The second-order valence-corrected chi connectivity index (χ2v) is 4.75. The SMILES string of the molecule is O=C(NC(=O)NC1CCCCC1)Nc1ccccc1. The van der Waals surface area contributed by atoms with Gasteiger partial charge < -0.3 is 10.6 Å². The average Bonchev–Trinajstić information content (AvgIpc) is 2.40. The summed E-state index contributed by atoms with van der Waals surface area (Å²) in [6.45, 7) is 0. The molecule has 19 heavy (non-hydrogen) atoms. The summed E-state index contributed by atoms with van der Waals surface area (Å²) in [6, 6.07) is 8.27. The van der Waals surface area contributed by atoms with Crippen LogP contribution in [0, 0.1) is 0 Å². The first-order valence-electron chi connectivity index (χ1n) is 6.67. The van der Waals surface area contributed by atoms with E-state index in [1.165, 1.54) is 6.42 Å². The maximum Gasteiger partial charge on any atom is 0.327 e. The van der Waals surface area contributed by atoms with Crippen molar-refractivity contribution in [3.8, 4) is 0 Å². The Balaban J connectivity index is 1.74. The third-order valence-corrected chi connectivity index (χ3v) is 3.20. The van der Waals surface area contributed by atoms with Gasteiger partial charge in [-0.3, -0.25) is 5.32 Å². The van der Waals surface area contributed by atoms with Crippen LogP contribution in [-0.4, -0.2) is 18.1 Å². The Morgan fingerprint density at radius 2 is 1.63 bits per heavy atom. The van der Waals surface area contributed by atoms with E-state index in [1.54, 1.807) is 12.1 Å². The van der Waals surface area contributed by atoms with Gasteiger partial charge in [0.25, 0.3) is 0 Å². The molecule has 1 aromatic rings. The number of carbonyl (C=O) groups is 2. The number of rotatable bonds is 2. The molecule has 102 valence electrons. The van der Waals surface area contributed by atoms with Crippen LogP contribution in [0.25, 0.3) is 0 Å². The van der Waals surface area contributed by atoms with Crippen molar-refractivity contribution in [3.05, 3.63) is 30.3 Å². The highest BCUT2D eigenvalue weighted by atomic mass is 16.2. The highest BCUT2D eigenvalue weighted by Crippen LogP contribution is 2.17. The maximum atomic E-state index is 11.6. The lowest BCUT2D eigenvalue weighted by Crippen LogP contribution is -2.46. The molecule has 0 unspecified atom stereocenters. The number of nitrogens with one attached hydrogen (secondary N) is 3. The first-order chi connectivity index (χ1) is 9.24. The Morgan fingerprint density at radius 3 is 2.32 bits per heavy atom. The molecule has 0 bridgehead atoms. The highest BCUT2D eigenvalue weighted by molar-refractivity contribution is 6.00. The third kappa shape index (κ3) is 4.62. The number of carbonyl (C=O) groups excluding carboxylic acids is 2. The van der Waals surface area contributed by atoms with E-state index in [0.717, 1.165) is 25.7 Å². The second-order valence-electron chi connectivity index (χ2n) is 4.75. The molecule has 1 aromatic carbocycles. The number of benzene rings is 1. The molecule has 1 aliphatic carbocycles. The Kier molecular flexibility index (Phi) is 4.78. The molecule has 5 nitrogen and oxygen atoms in total. The topological polar surface area (TPSA) is 70.2 Å². The fraction of sp³-hybridized carbons (Fsp3) is 0.429. The number of para-hydroxylation sites is 1. The number of imide groups is 1. The van der Waals surface area contributed by atoms with Gasteiger partial charge in [0.2, 0.25) is 0 Å². The molecule has 0 atom stereocenters. The molecule has 1 fully saturated rings. The van der Waals surface area contributed by atoms with E-state index in [1.807, 2.05) is 18.2 Å². The molecule has 4 amide bonds. The van der Waals surface area contributed by atoms with Crippen molar-refractivity contribution in [1.29, 1.82) is 0 Å². The zero-order chi connectivity index (χ0) is 13.5. The number of hydrogen-bond acceptors (Lipinski definition) is 2. The quantitative estimate of drug-likeness (QED) is 0.766. The molecule has 0 aromatic heterocycles. The van der Waals surface area contributed by atoms with Gasteiger partial charge in [0.05, 0.1) is 0 Å². The van der Waals surface area contributed by atoms with Gasteiger partial charge in [-0.2, -0.15) is 0 Å². The lowest BCUT2D eigenvalue weighted by molar-refractivity contribution is 0.227. The van der Waals surface area contributed by atoms with Gasteiger partial charge in [-0.05, 0) is 25.0 Å². The molecule has 2 rings (SSSR count). The van der Waals surface area contributed by atoms with Crippen LogP contribution in [-0.2, 0) is 0 Å². The van der Waals surface area contributed by atoms with Crippen molar-refractivity contribution >= 4 is 17.7 Å². The van der Waals surface area contributed by atoms with Gasteiger partial charge in [0, 0.05) is 11.7 Å². The number of urea groups is 2. The summed E-state index contributed by atoms with van der Waals surface area (Å²) in [5.41, 5.74) is 0.658. The normalized spacial score (nSPS) is 15.6. The van der Waals surface area contributed by atoms with E-state index < -0.39 is 12.1 Å². The predicted octanol–water partition coefficient (Wildman–Crippen LogP) is 2.85. The number of anilines is 1. The third-order valence-electron chi connectivity index (χ3n) is 3.20. The molecule has 3 N–H and O–H groups in total. The summed E-state index contributed by atoms with van der Waals surface area (Å²) >= 11 is 0. The van der Waals surface area contributed by atoms with Crippen LogP contribution in [0.5, 0.6) is 0 Å². The summed E-state index contributed by atoms with van der Waals surface area (Å²) in [5.74, 6) is 0. The molecule has 0 saturated heterocycles. The molecular formula is C14H19N3O2. The van der Waals surface area contributed by atoms with Crippen molar-refractivity contribution in [2.24, 2.45) is 0 Å². The van der Waals surface area contributed by atoms with E-state index >= 15 is 0 Å². The smallest absolute Gasteiger partial charge is 0.327 e. The summed E-state index contributed by atoms with van der Waals surface area (Å²) in [6.07, 6.45) is 5.50. The first kappa shape index (κ1) is 13.4. The van der Waals surface area contributed by atoms with Crippen LogP contribution in [0.2, 0.25) is 0 Å². The van der Waals surface area contributed by atoms with Gasteiger partial charge in [0.1, 0.15) is 0 Å². The van der Waals surface area contributed by atoms with Crippen molar-refractivity contribution < 1.29 is 9.59 Å². The van der Waals surface area contributed by atoms with Crippen LogP contribution in [0.15, 0.2) is 30.3 Å². The van der Waals surface area contributed by atoms with Gasteiger partial charge in [-0.15, -0.1) is 0 Å². The molecule has 0 radical (unpaired) electrons. The lowest BCUT2D eigenvalue weighted by Gasteiger charge is -2.22. The average molecular weight is 261 g/mol. The fourth-order valence-electron chi connectivity index (χ4n) is 2.26. The fourth-order valence-corrected chi connectivity index (χ4v) is 2.26. The van der Waals surface area contributed by atoms with Crippen molar-refractivity contribution in [2.45, 2.75) is 38.1 Å². The Bertz CT molecular complexity index is 428. The highest BCUT2D eigenvalue weighted by Gasteiger charge is 2.16. The van der Waals surface area contributed by atoms with Crippen molar-refractivity contribution in [3.63, 3.8) is 0 Å². The van der Waals surface area contributed by atoms with E-state index in [2.05, 4.69) is 16.0 Å². The van der Waals surface area contributed by atoms with Crippen molar-refractivity contribution in [2.75, 3.05) is 5.32 Å². The minimum Gasteiger partial charge on any atom is -0.335 e. The Hall–Kier alpha value is -2.04. The zero-order valence-electron chi connectivity index (χ0n) is 10.8. The van der Waals surface area contributed by atoms with E-state index in [9.17, 15) is 9.59 Å². The van der Waals surface area contributed by atoms with E-state index in [-0.39, 0.29) is 6.04 Å². The summed E-state index contributed by atoms with van der Waals surface area (Å²) in [5, 5.41) is 7.70. The molecule has 0 heterocycles. The van der Waals surface area contributed by atoms with Crippen LogP contribution >= 0.6 is 0 Å². The van der Waals surface area contributed by atoms with Crippen LogP contribution in [0.1, 0.15) is 32.1 Å². The minimum absolute atomic E-state index is 0.193. The van der Waals surface area contributed by atoms with Crippen molar-refractivity contribution in [1.82, 2.24) is 10.6 Å². The summed E-state index contributed by atoms with van der Waals surface area (Å²) in [7, 11) is 0. The van der Waals surface area contributed by atoms with Gasteiger partial charge in [-0.1, -0.05) is 37.5 Å². The molecule has 0 spiro atoms. The summed E-state index contributed by atoms with van der Waals surface area (Å²) in [4.78, 5) is 23.2. The van der Waals surface area contributed by atoms with Crippen LogP contribution < -0.4 is 16.0 Å². The minimum atomic E-state index is -0.514. The van der Waals surface area contributed by atoms with E-state index in [0.29, 0.717) is 5.69 Å². The van der Waals surface area contributed by atoms with Gasteiger partial charge in [0.15, 0.2) is 0 Å². The van der Waals surface area contributed by atoms with Crippen LogP contribution in [0.4, 0.5) is 15.3 Å². The number of amides is 4. The lowest BCUT2D eigenvalue weighted by atomic mass is 9.96. The van der Waals surface area contributed by atoms with Crippen LogP contribution in [0.3, 0.4) is 0 Å². The second kappa shape index (κ2) is 6.78. The maximum absolute atomic E-state index is 11.6. The molecule has 5 heteroatoms.